The highest BCUT2D eigenvalue weighted by atomic mass is 35.5. The van der Waals surface area contributed by atoms with Crippen molar-refractivity contribution in [2.75, 3.05) is 26.2 Å². The molecule has 0 radical (unpaired) electrons. The predicted octanol–water partition coefficient (Wildman–Crippen LogP) is 3.64. The van der Waals surface area contributed by atoms with Crippen LogP contribution in [0.4, 0.5) is 0 Å². The molecule has 1 aliphatic heterocycles. The predicted molar refractivity (Wildman–Crippen MR) is 82.8 cm³/mol. The molecule has 1 fully saturated rings. The van der Waals surface area contributed by atoms with E-state index in [1.807, 2.05) is 6.07 Å². The van der Waals surface area contributed by atoms with Crippen LogP contribution < -0.4 is 5.32 Å². The van der Waals surface area contributed by atoms with Crippen molar-refractivity contribution in [1.29, 1.82) is 0 Å². The highest BCUT2D eigenvalue weighted by molar-refractivity contribution is 6.30. The van der Waals surface area contributed by atoms with Gasteiger partial charge < -0.3 is 5.32 Å². The first-order valence-electron chi connectivity index (χ1n) is 7.10. The Bertz CT molecular complexity index is 431. The third kappa shape index (κ3) is 3.50. The molecular formula is C16H25ClN2. The van der Waals surface area contributed by atoms with E-state index in [1.54, 1.807) is 0 Å². The molecule has 0 saturated carbocycles. The average Bonchev–Trinajstić information content (AvgIpc) is 2.32. The van der Waals surface area contributed by atoms with E-state index >= 15 is 0 Å². The van der Waals surface area contributed by atoms with E-state index in [2.05, 4.69) is 50.0 Å². The molecule has 1 saturated heterocycles. The third-order valence-electron chi connectivity index (χ3n) is 3.86. The van der Waals surface area contributed by atoms with Crippen LogP contribution in [0, 0.1) is 12.3 Å². The summed E-state index contributed by atoms with van der Waals surface area (Å²) in [5.74, 6) is 0. The lowest BCUT2D eigenvalue weighted by molar-refractivity contribution is 0.0857. The van der Waals surface area contributed by atoms with Crippen molar-refractivity contribution in [2.45, 2.75) is 33.7 Å². The molecule has 2 rings (SSSR count). The maximum Gasteiger partial charge on any atom is 0.0408 e. The summed E-state index contributed by atoms with van der Waals surface area (Å²) in [7, 11) is 0. The van der Waals surface area contributed by atoms with Crippen molar-refractivity contribution in [3.05, 3.63) is 34.3 Å². The lowest BCUT2D eigenvalue weighted by Crippen LogP contribution is -2.48. The highest BCUT2D eigenvalue weighted by Crippen LogP contribution is 2.39. The van der Waals surface area contributed by atoms with Crippen molar-refractivity contribution < 1.29 is 0 Å². The molecule has 1 aromatic carbocycles. The van der Waals surface area contributed by atoms with Crippen molar-refractivity contribution in [3.8, 4) is 0 Å². The number of hydrogen-bond donors (Lipinski definition) is 1. The van der Waals surface area contributed by atoms with Crippen molar-refractivity contribution in [3.63, 3.8) is 0 Å². The summed E-state index contributed by atoms with van der Waals surface area (Å²) in [4.78, 5) is 2.60. The monoisotopic (exact) mass is 280 g/mol. The van der Waals surface area contributed by atoms with E-state index in [4.69, 9.17) is 11.6 Å². The molecule has 0 aromatic heterocycles. The van der Waals surface area contributed by atoms with Crippen LogP contribution in [0.3, 0.4) is 0 Å². The van der Waals surface area contributed by atoms with Crippen molar-refractivity contribution in [2.24, 2.45) is 5.41 Å². The smallest absolute Gasteiger partial charge is 0.0408 e. The average molecular weight is 281 g/mol. The van der Waals surface area contributed by atoms with E-state index in [-0.39, 0.29) is 5.41 Å². The number of piperazine rings is 1. The van der Waals surface area contributed by atoms with Gasteiger partial charge in [-0.25, -0.2) is 0 Å². The molecule has 0 amide bonds. The van der Waals surface area contributed by atoms with Gasteiger partial charge in [-0.3, -0.25) is 4.90 Å². The zero-order valence-corrected chi connectivity index (χ0v) is 13.2. The second-order valence-electron chi connectivity index (χ2n) is 6.56. The summed E-state index contributed by atoms with van der Waals surface area (Å²) < 4.78 is 0. The minimum absolute atomic E-state index is 0.218. The summed E-state index contributed by atoms with van der Waals surface area (Å²) in [6.45, 7) is 13.5. The maximum absolute atomic E-state index is 6.10. The van der Waals surface area contributed by atoms with Gasteiger partial charge >= 0.3 is 0 Å². The molecule has 0 aliphatic carbocycles. The molecule has 2 nitrogen and oxygen atoms in total. The Morgan fingerprint density at radius 1 is 1.21 bits per heavy atom. The van der Waals surface area contributed by atoms with Gasteiger partial charge in [-0.05, 0) is 35.6 Å². The molecule has 0 spiro atoms. The molecule has 106 valence electrons. The normalized spacial score (nSPS) is 19.4. The highest BCUT2D eigenvalue weighted by Gasteiger charge is 2.33. The largest absolute Gasteiger partial charge is 0.314 e. The molecule has 19 heavy (non-hydrogen) atoms. The van der Waals surface area contributed by atoms with E-state index in [0.717, 1.165) is 31.2 Å². The van der Waals surface area contributed by atoms with Crippen LogP contribution in [0.25, 0.3) is 0 Å². The van der Waals surface area contributed by atoms with E-state index in [0.29, 0.717) is 6.04 Å². The molecule has 0 bridgehead atoms. The molecule has 1 aliphatic rings. The van der Waals surface area contributed by atoms with Gasteiger partial charge in [0.2, 0.25) is 0 Å². The lowest BCUT2D eigenvalue weighted by Gasteiger charge is -2.43. The van der Waals surface area contributed by atoms with Gasteiger partial charge in [0, 0.05) is 37.2 Å². The Kier molecular flexibility index (Phi) is 4.54. The van der Waals surface area contributed by atoms with Crippen LogP contribution >= 0.6 is 11.6 Å². The molecule has 0 unspecified atom stereocenters. The second-order valence-corrected chi connectivity index (χ2v) is 6.99. The number of rotatable bonds is 2. The van der Waals surface area contributed by atoms with Gasteiger partial charge in [-0.15, -0.1) is 0 Å². The van der Waals surface area contributed by atoms with Crippen LogP contribution in [0.5, 0.6) is 0 Å². The Morgan fingerprint density at radius 3 is 2.37 bits per heavy atom. The third-order valence-corrected chi connectivity index (χ3v) is 4.10. The van der Waals surface area contributed by atoms with Gasteiger partial charge in [0.15, 0.2) is 0 Å². The SMILES string of the molecule is Cc1cc(Cl)ccc1[C@H](N1CCNCC1)C(C)(C)C. The molecular weight excluding hydrogens is 256 g/mol. The number of aryl methyl sites for hydroxylation is 1. The molecule has 3 heteroatoms. The summed E-state index contributed by atoms with van der Waals surface area (Å²) in [5.41, 5.74) is 2.93. The first-order valence-corrected chi connectivity index (χ1v) is 7.48. The van der Waals surface area contributed by atoms with Gasteiger partial charge in [0.05, 0.1) is 0 Å². The Labute approximate surface area is 122 Å². The fourth-order valence-electron chi connectivity index (χ4n) is 3.10. The Balaban J connectivity index is 2.36. The van der Waals surface area contributed by atoms with E-state index < -0.39 is 0 Å². The quantitative estimate of drug-likeness (QED) is 0.890. The second kappa shape index (κ2) is 5.82. The summed E-state index contributed by atoms with van der Waals surface area (Å²) in [5, 5.41) is 4.26. The zero-order chi connectivity index (χ0) is 14.0. The lowest BCUT2D eigenvalue weighted by atomic mass is 9.79. The standard InChI is InChI=1S/C16H25ClN2/c1-12-11-13(17)5-6-14(12)15(16(2,3)4)19-9-7-18-8-10-19/h5-6,11,15,18H,7-10H2,1-4H3/t15-/m0/s1. The van der Waals surface area contributed by atoms with Crippen LogP contribution in [0.15, 0.2) is 18.2 Å². The Morgan fingerprint density at radius 2 is 1.84 bits per heavy atom. The van der Waals surface area contributed by atoms with Crippen LogP contribution in [-0.4, -0.2) is 31.1 Å². The molecule has 1 atom stereocenters. The molecule has 1 N–H and O–H groups in total. The number of benzene rings is 1. The fraction of sp³-hybridized carbons (Fsp3) is 0.625. The van der Waals surface area contributed by atoms with Gasteiger partial charge in [-0.2, -0.15) is 0 Å². The number of halogens is 1. The maximum atomic E-state index is 6.10. The molecule has 1 aromatic rings. The number of nitrogens with one attached hydrogen (secondary N) is 1. The fourth-order valence-corrected chi connectivity index (χ4v) is 3.32. The van der Waals surface area contributed by atoms with Crippen LogP contribution in [0.1, 0.15) is 37.9 Å². The van der Waals surface area contributed by atoms with Crippen LogP contribution in [0.2, 0.25) is 5.02 Å². The first kappa shape index (κ1) is 14.8. The minimum atomic E-state index is 0.218. The number of nitrogens with zero attached hydrogens (tertiary/aromatic N) is 1. The van der Waals surface area contributed by atoms with E-state index in [1.165, 1.54) is 11.1 Å². The zero-order valence-electron chi connectivity index (χ0n) is 12.5. The summed E-state index contributed by atoms with van der Waals surface area (Å²) in [6.07, 6.45) is 0. The van der Waals surface area contributed by atoms with Gasteiger partial charge in [0.25, 0.3) is 0 Å². The first-order chi connectivity index (χ1) is 8.89. The molecule has 1 heterocycles. The van der Waals surface area contributed by atoms with Crippen molar-refractivity contribution in [1.82, 2.24) is 10.2 Å². The van der Waals surface area contributed by atoms with E-state index in [9.17, 15) is 0 Å². The Hall–Kier alpha value is -0.570. The topological polar surface area (TPSA) is 15.3 Å². The number of hydrogen-bond acceptors (Lipinski definition) is 2. The van der Waals surface area contributed by atoms with Gasteiger partial charge in [-0.1, -0.05) is 38.4 Å². The summed E-state index contributed by atoms with van der Waals surface area (Å²) in [6, 6.07) is 6.75. The minimum Gasteiger partial charge on any atom is -0.314 e. The van der Waals surface area contributed by atoms with Crippen LogP contribution in [-0.2, 0) is 0 Å². The summed E-state index contributed by atoms with van der Waals surface area (Å²) >= 11 is 6.10. The van der Waals surface area contributed by atoms with Crippen molar-refractivity contribution >= 4 is 11.6 Å². The van der Waals surface area contributed by atoms with Gasteiger partial charge in [0.1, 0.15) is 0 Å².